The molecule has 0 spiro atoms. The molecule has 0 aliphatic heterocycles. The van der Waals surface area contributed by atoms with Crippen molar-refractivity contribution in [1.29, 1.82) is 0 Å². The van der Waals surface area contributed by atoms with E-state index in [9.17, 15) is 4.79 Å². The highest BCUT2D eigenvalue weighted by Crippen LogP contribution is 2.13. The van der Waals surface area contributed by atoms with Gasteiger partial charge in [-0.1, -0.05) is 49.4 Å². The number of carbonyl (C=O) groups excluding carboxylic acids is 1. The SMILES string of the molecule is CCNC(=NCc1cccc(NC(C)=O)c1)NCC(C)c1ccccc1. The van der Waals surface area contributed by atoms with E-state index in [0.717, 1.165) is 30.3 Å². The van der Waals surface area contributed by atoms with Gasteiger partial charge in [-0.3, -0.25) is 4.79 Å². The van der Waals surface area contributed by atoms with E-state index in [2.05, 4.69) is 59.1 Å². The number of rotatable bonds is 7. The molecule has 2 aromatic carbocycles. The average molecular weight is 352 g/mol. The van der Waals surface area contributed by atoms with E-state index >= 15 is 0 Å². The monoisotopic (exact) mass is 352 g/mol. The number of carbonyl (C=O) groups is 1. The van der Waals surface area contributed by atoms with Crippen molar-refractivity contribution in [2.75, 3.05) is 18.4 Å². The minimum absolute atomic E-state index is 0.0736. The zero-order chi connectivity index (χ0) is 18.8. The molecular formula is C21H28N4O. The molecule has 0 saturated heterocycles. The van der Waals surface area contributed by atoms with Crippen LogP contribution < -0.4 is 16.0 Å². The van der Waals surface area contributed by atoms with Crippen molar-refractivity contribution in [2.24, 2.45) is 4.99 Å². The smallest absolute Gasteiger partial charge is 0.221 e. The molecule has 0 aliphatic carbocycles. The number of anilines is 1. The Labute approximate surface area is 155 Å². The number of nitrogens with zero attached hydrogens (tertiary/aromatic N) is 1. The fourth-order valence-electron chi connectivity index (χ4n) is 2.61. The molecule has 0 radical (unpaired) electrons. The molecule has 138 valence electrons. The largest absolute Gasteiger partial charge is 0.357 e. The maximum absolute atomic E-state index is 11.2. The molecule has 1 unspecified atom stereocenters. The third-order valence-electron chi connectivity index (χ3n) is 3.96. The lowest BCUT2D eigenvalue weighted by molar-refractivity contribution is -0.114. The molecule has 1 amide bonds. The molecule has 2 rings (SSSR count). The van der Waals surface area contributed by atoms with Gasteiger partial charge in [-0.15, -0.1) is 0 Å². The summed E-state index contributed by atoms with van der Waals surface area (Å²) in [5, 5.41) is 9.48. The summed E-state index contributed by atoms with van der Waals surface area (Å²) < 4.78 is 0. The Kier molecular flexibility index (Phi) is 7.68. The first-order chi connectivity index (χ1) is 12.6. The van der Waals surface area contributed by atoms with Crippen molar-refractivity contribution < 1.29 is 4.79 Å². The third-order valence-corrected chi connectivity index (χ3v) is 3.96. The second-order valence-electron chi connectivity index (χ2n) is 6.27. The summed E-state index contributed by atoms with van der Waals surface area (Å²) in [4.78, 5) is 15.8. The van der Waals surface area contributed by atoms with Crippen LogP contribution in [0.3, 0.4) is 0 Å². The van der Waals surface area contributed by atoms with Crippen molar-refractivity contribution in [3.63, 3.8) is 0 Å². The fourth-order valence-corrected chi connectivity index (χ4v) is 2.61. The van der Waals surface area contributed by atoms with E-state index in [1.807, 2.05) is 30.3 Å². The van der Waals surface area contributed by atoms with Crippen LogP contribution in [-0.2, 0) is 11.3 Å². The molecule has 3 N–H and O–H groups in total. The number of benzene rings is 2. The maximum atomic E-state index is 11.2. The summed E-state index contributed by atoms with van der Waals surface area (Å²) >= 11 is 0. The summed E-state index contributed by atoms with van der Waals surface area (Å²) in [6.45, 7) is 7.91. The Morgan fingerprint density at radius 1 is 1.08 bits per heavy atom. The van der Waals surface area contributed by atoms with Crippen LogP contribution >= 0.6 is 0 Å². The van der Waals surface area contributed by atoms with Crippen LogP contribution in [0.1, 0.15) is 37.8 Å². The number of amides is 1. The van der Waals surface area contributed by atoms with Crippen molar-refractivity contribution >= 4 is 17.6 Å². The summed E-state index contributed by atoms with van der Waals surface area (Å²) in [6, 6.07) is 18.2. The van der Waals surface area contributed by atoms with Gasteiger partial charge in [0.05, 0.1) is 6.54 Å². The van der Waals surface area contributed by atoms with Gasteiger partial charge in [0.15, 0.2) is 5.96 Å². The first-order valence-electron chi connectivity index (χ1n) is 9.02. The Morgan fingerprint density at radius 2 is 1.85 bits per heavy atom. The topological polar surface area (TPSA) is 65.5 Å². The molecule has 0 bridgehead atoms. The first kappa shape index (κ1) is 19.5. The normalized spacial score (nSPS) is 12.3. The van der Waals surface area contributed by atoms with E-state index in [0.29, 0.717) is 12.5 Å². The predicted octanol–water partition coefficient (Wildman–Crippen LogP) is 3.50. The lowest BCUT2D eigenvalue weighted by atomic mass is 10.0. The predicted molar refractivity (Wildman–Crippen MR) is 108 cm³/mol. The van der Waals surface area contributed by atoms with Gasteiger partial charge in [0.1, 0.15) is 0 Å². The standard InChI is InChI=1S/C21H28N4O/c1-4-22-21(23-14-16(2)19-10-6-5-7-11-19)24-15-18-9-8-12-20(13-18)25-17(3)26/h5-13,16H,4,14-15H2,1-3H3,(H,25,26)(H2,22,23,24). The summed E-state index contributed by atoms with van der Waals surface area (Å²) in [5.41, 5.74) is 3.14. The van der Waals surface area contributed by atoms with Gasteiger partial charge in [-0.2, -0.15) is 0 Å². The van der Waals surface area contributed by atoms with Crippen LogP contribution in [0.15, 0.2) is 59.6 Å². The molecule has 2 aromatic rings. The summed E-state index contributed by atoms with van der Waals surface area (Å²) in [6.07, 6.45) is 0. The molecular weight excluding hydrogens is 324 g/mol. The number of hydrogen-bond acceptors (Lipinski definition) is 2. The van der Waals surface area contributed by atoms with E-state index in [1.165, 1.54) is 12.5 Å². The van der Waals surface area contributed by atoms with Crippen LogP contribution in [-0.4, -0.2) is 25.0 Å². The second-order valence-corrected chi connectivity index (χ2v) is 6.27. The number of aliphatic imine (C=N–C) groups is 1. The van der Waals surface area contributed by atoms with Gasteiger partial charge >= 0.3 is 0 Å². The van der Waals surface area contributed by atoms with Crippen LogP contribution in [0.5, 0.6) is 0 Å². The lowest BCUT2D eigenvalue weighted by Gasteiger charge is -2.16. The van der Waals surface area contributed by atoms with Gasteiger partial charge < -0.3 is 16.0 Å². The van der Waals surface area contributed by atoms with Gasteiger partial charge in [0.2, 0.25) is 5.91 Å². The summed E-state index contributed by atoms with van der Waals surface area (Å²) in [7, 11) is 0. The molecule has 5 nitrogen and oxygen atoms in total. The molecule has 0 aliphatic rings. The molecule has 26 heavy (non-hydrogen) atoms. The number of nitrogens with one attached hydrogen (secondary N) is 3. The average Bonchev–Trinajstić information content (AvgIpc) is 2.64. The minimum Gasteiger partial charge on any atom is -0.357 e. The molecule has 5 heteroatoms. The highest BCUT2D eigenvalue weighted by atomic mass is 16.1. The third kappa shape index (κ3) is 6.59. The lowest BCUT2D eigenvalue weighted by Crippen LogP contribution is -2.39. The quantitative estimate of drug-likeness (QED) is 0.528. The van der Waals surface area contributed by atoms with E-state index < -0.39 is 0 Å². The van der Waals surface area contributed by atoms with Crippen LogP contribution in [0.2, 0.25) is 0 Å². The molecule has 0 fully saturated rings. The summed E-state index contributed by atoms with van der Waals surface area (Å²) in [5.74, 6) is 1.11. The van der Waals surface area contributed by atoms with Gasteiger partial charge in [0.25, 0.3) is 0 Å². The fraction of sp³-hybridized carbons (Fsp3) is 0.333. The minimum atomic E-state index is -0.0736. The second kappa shape index (κ2) is 10.2. The Hall–Kier alpha value is -2.82. The Balaban J connectivity index is 1.96. The van der Waals surface area contributed by atoms with Gasteiger partial charge in [0, 0.05) is 25.7 Å². The highest BCUT2D eigenvalue weighted by molar-refractivity contribution is 5.88. The van der Waals surface area contributed by atoms with Crippen LogP contribution in [0, 0.1) is 0 Å². The van der Waals surface area contributed by atoms with Crippen molar-refractivity contribution in [3.8, 4) is 0 Å². The molecule has 0 heterocycles. The Morgan fingerprint density at radius 3 is 2.54 bits per heavy atom. The number of hydrogen-bond donors (Lipinski definition) is 3. The molecule has 1 atom stereocenters. The zero-order valence-corrected chi connectivity index (χ0v) is 15.8. The van der Waals surface area contributed by atoms with E-state index in [1.54, 1.807) is 0 Å². The van der Waals surface area contributed by atoms with Gasteiger partial charge in [-0.05, 0) is 36.1 Å². The number of guanidine groups is 1. The van der Waals surface area contributed by atoms with Gasteiger partial charge in [-0.25, -0.2) is 4.99 Å². The molecule has 0 saturated carbocycles. The highest BCUT2D eigenvalue weighted by Gasteiger charge is 2.06. The molecule has 0 aromatic heterocycles. The van der Waals surface area contributed by atoms with E-state index in [4.69, 9.17) is 0 Å². The van der Waals surface area contributed by atoms with E-state index in [-0.39, 0.29) is 5.91 Å². The maximum Gasteiger partial charge on any atom is 0.221 e. The van der Waals surface area contributed by atoms with Crippen molar-refractivity contribution in [1.82, 2.24) is 10.6 Å². The first-order valence-corrected chi connectivity index (χ1v) is 9.02. The van der Waals surface area contributed by atoms with Crippen LogP contribution in [0.4, 0.5) is 5.69 Å². The Bertz CT molecular complexity index is 728. The van der Waals surface area contributed by atoms with Crippen molar-refractivity contribution in [2.45, 2.75) is 33.2 Å². The van der Waals surface area contributed by atoms with Crippen LogP contribution in [0.25, 0.3) is 0 Å². The van der Waals surface area contributed by atoms with Crippen molar-refractivity contribution in [3.05, 3.63) is 65.7 Å². The zero-order valence-electron chi connectivity index (χ0n) is 15.8.